The number of benzene rings is 2. The molecule has 0 saturated heterocycles. The zero-order valence-corrected chi connectivity index (χ0v) is 18.8. The molecule has 0 radical (unpaired) electrons. The third-order valence-electron chi connectivity index (χ3n) is 5.24. The first-order valence-corrected chi connectivity index (χ1v) is 10.3. The third-order valence-corrected chi connectivity index (χ3v) is 5.24. The van der Waals surface area contributed by atoms with Gasteiger partial charge in [0, 0.05) is 47.1 Å². The van der Waals surface area contributed by atoms with Crippen molar-refractivity contribution < 1.29 is 23.5 Å². The van der Waals surface area contributed by atoms with E-state index in [0.717, 1.165) is 5.69 Å². The summed E-state index contributed by atoms with van der Waals surface area (Å²) in [7, 11) is 6.92. The topological polar surface area (TPSA) is 62.3 Å². The van der Waals surface area contributed by atoms with Crippen LogP contribution in [-0.2, 0) is 19.1 Å². The van der Waals surface area contributed by atoms with Gasteiger partial charge < -0.3 is 19.3 Å². The molecule has 0 aliphatic carbocycles. The maximum absolute atomic E-state index is 13.7. The van der Waals surface area contributed by atoms with E-state index in [-0.39, 0.29) is 11.3 Å². The lowest BCUT2D eigenvalue weighted by Crippen LogP contribution is -2.37. The molecule has 2 aromatic rings. The van der Waals surface area contributed by atoms with Crippen LogP contribution >= 0.6 is 0 Å². The Morgan fingerprint density at radius 3 is 2.09 bits per heavy atom. The van der Waals surface area contributed by atoms with Crippen molar-refractivity contribution in [3.63, 3.8) is 0 Å². The maximum Gasteiger partial charge on any atom is 0.282 e. The summed E-state index contributed by atoms with van der Waals surface area (Å²) in [6, 6.07) is 12.8. The van der Waals surface area contributed by atoms with Crippen LogP contribution in [0.15, 0.2) is 54.2 Å². The molecule has 3 rings (SSSR count). The van der Waals surface area contributed by atoms with Crippen LogP contribution in [0.2, 0.25) is 0 Å². The second kappa shape index (κ2) is 10.4. The van der Waals surface area contributed by atoms with Gasteiger partial charge in [0.1, 0.15) is 11.5 Å². The molecule has 1 heterocycles. The van der Waals surface area contributed by atoms with E-state index in [4.69, 9.17) is 9.47 Å². The fraction of sp³-hybridized carbons (Fsp3) is 0.333. The highest BCUT2D eigenvalue weighted by Gasteiger charge is 2.42. The molecule has 0 unspecified atom stereocenters. The van der Waals surface area contributed by atoms with Gasteiger partial charge in [0.15, 0.2) is 0 Å². The number of rotatable bonds is 10. The molecule has 1 aliphatic rings. The molecule has 2 aromatic carbocycles. The Bertz CT molecular complexity index is 997. The number of methoxy groups -OCH3 is 2. The summed E-state index contributed by atoms with van der Waals surface area (Å²) in [5.74, 6) is -1.30. The standard InChI is InChI=1S/C24H28FN3O4/c1-26(2)19-6-5-7-20(16-19)28-23(29)21(17-8-10-18(25)11-9-17)22(24(28)30)27(12-14-31-3)13-15-32-4/h5-11,16H,12-15H2,1-4H3. The molecule has 7 nitrogen and oxygen atoms in total. The molecule has 0 bridgehead atoms. The largest absolute Gasteiger partial charge is 0.383 e. The Morgan fingerprint density at radius 1 is 0.906 bits per heavy atom. The third kappa shape index (κ3) is 4.81. The molecule has 32 heavy (non-hydrogen) atoms. The molecule has 0 saturated carbocycles. The van der Waals surface area contributed by atoms with Crippen molar-refractivity contribution in [2.75, 3.05) is 64.4 Å². The summed E-state index contributed by atoms with van der Waals surface area (Å²) in [5, 5.41) is 0. The van der Waals surface area contributed by atoms with Gasteiger partial charge in [-0.05, 0) is 35.9 Å². The van der Waals surface area contributed by atoms with E-state index in [1.807, 2.05) is 25.1 Å². The van der Waals surface area contributed by atoms with Crippen LogP contribution < -0.4 is 9.80 Å². The summed E-state index contributed by atoms with van der Waals surface area (Å²) in [6.45, 7) is 1.51. The number of hydrogen-bond acceptors (Lipinski definition) is 6. The van der Waals surface area contributed by atoms with Crippen molar-refractivity contribution in [2.24, 2.45) is 0 Å². The number of hydrogen-bond donors (Lipinski definition) is 0. The van der Waals surface area contributed by atoms with E-state index in [2.05, 4.69) is 0 Å². The van der Waals surface area contributed by atoms with Crippen LogP contribution in [-0.4, -0.2) is 71.3 Å². The molecule has 0 spiro atoms. The summed E-state index contributed by atoms with van der Waals surface area (Å²) in [5.41, 5.74) is 2.30. The van der Waals surface area contributed by atoms with E-state index in [0.29, 0.717) is 37.6 Å². The minimum Gasteiger partial charge on any atom is -0.383 e. The van der Waals surface area contributed by atoms with E-state index >= 15 is 0 Å². The number of carbonyl (C=O) groups excluding carboxylic acids is 2. The Labute approximate surface area is 187 Å². The van der Waals surface area contributed by atoms with Crippen LogP contribution in [0.25, 0.3) is 5.57 Å². The zero-order valence-electron chi connectivity index (χ0n) is 18.8. The highest BCUT2D eigenvalue weighted by Crippen LogP contribution is 2.35. The highest BCUT2D eigenvalue weighted by molar-refractivity contribution is 6.45. The number of imide groups is 1. The summed E-state index contributed by atoms with van der Waals surface area (Å²) >= 11 is 0. The normalized spacial score (nSPS) is 13.8. The van der Waals surface area contributed by atoms with E-state index in [9.17, 15) is 14.0 Å². The Hall–Kier alpha value is -3.23. The number of ether oxygens (including phenoxy) is 2. The second-order valence-electron chi connectivity index (χ2n) is 7.56. The fourth-order valence-electron chi connectivity index (χ4n) is 3.57. The van der Waals surface area contributed by atoms with E-state index in [1.165, 1.54) is 29.2 Å². The second-order valence-corrected chi connectivity index (χ2v) is 7.56. The molecule has 8 heteroatoms. The molecule has 170 valence electrons. The van der Waals surface area contributed by atoms with Crippen molar-refractivity contribution in [3.8, 4) is 0 Å². The van der Waals surface area contributed by atoms with Crippen molar-refractivity contribution in [1.82, 2.24) is 4.90 Å². The molecule has 0 fully saturated rings. The van der Waals surface area contributed by atoms with Gasteiger partial charge >= 0.3 is 0 Å². The van der Waals surface area contributed by atoms with Crippen LogP contribution in [0, 0.1) is 5.82 Å². The van der Waals surface area contributed by atoms with Gasteiger partial charge in [-0.3, -0.25) is 9.59 Å². The van der Waals surface area contributed by atoms with Crippen LogP contribution in [0.4, 0.5) is 15.8 Å². The molecule has 2 amide bonds. The van der Waals surface area contributed by atoms with Gasteiger partial charge in [-0.2, -0.15) is 0 Å². The van der Waals surface area contributed by atoms with Crippen molar-refractivity contribution in [2.45, 2.75) is 0 Å². The highest BCUT2D eigenvalue weighted by atomic mass is 19.1. The Kier molecular flexibility index (Phi) is 7.61. The first kappa shape index (κ1) is 23.4. The first-order chi connectivity index (χ1) is 15.4. The van der Waals surface area contributed by atoms with E-state index < -0.39 is 17.6 Å². The van der Waals surface area contributed by atoms with Crippen LogP contribution in [0.3, 0.4) is 0 Å². The number of carbonyl (C=O) groups is 2. The lowest BCUT2D eigenvalue weighted by molar-refractivity contribution is -0.120. The molecule has 0 N–H and O–H groups in total. The molecular formula is C24H28FN3O4. The molecule has 0 atom stereocenters. The predicted octanol–water partition coefficient (Wildman–Crippen LogP) is 2.77. The van der Waals surface area contributed by atoms with Gasteiger partial charge in [-0.25, -0.2) is 9.29 Å². The SMILES string of the molecule is COCCN(CCOC)C1=C(c2ccc(F)cc2)C(=O)N(c2cccc(N(C)C)c2)C1=O. The van der Waals surface area contributed by atoms with Gasteiger partial charge in [0.25, 0.3) is 11.8 Å². The van der Waals surface area contributed by atoms with Crippen molar-refractivity contribution in [1.29, 1.82) is 0 Å². The minimum atomic E-state index is -0.452. The van der Waals surface area contributed by atoms with E-state index in [1.54, 1.807) is 37.3 Å². The number of anilines is 2. The average Bonchev–Trinajstić information content (AvgIpc) is 3.04. The smallest absolute Gasteiger partial charge is 0.282 e. The maximum atomic E-state index is 13.7. The molecular weight excluding hydrogens is 413 g/mol. The quantitative estimate of drug-likeness (QED) is 0.529. The van der Waals surface area contributed by atoms with Crippen molar-refractivity contribution in [3.05, 3.63) is 65.6 Å². The predicted molar refractivity (Wildman–Crippen MR) is 122 cm³/mol. The van der Waals surface area contributed by atoms with Gasteiger partial charge in [0.2, 0.25) is 0 Å². The first-order valence-electron chi connectivity index (χ1n) is 10.3. The molecule has 0 aromatic heterocycles. The van der Waals surface area contributed by atoms with Crippen molar-refractivity contribution >= 4 is 28.8 Å². The Balaban J connectivity index is 2.12. The lowest BCUT2D eigenvalue weighted by atomic mass is 10.0. The summed E-state index contributed by atoms with van der Waals surface area (Å²) in [6.07, 6.45) is 0. The fourth-order valence-corrected chi connectivity index (χ4v) is 3.57. The zero-order chi connectivity index (χ0) is 23.3. The van der Waals surface area contributed by atoms with Crippen LogP contribution in [0.1, 0.15) is 5.56 Å². The number of amides is 2. The lowest BCUT2D eigenvalue weighted by Gasteiger charge is -2.26. The van der Waals surface area contributed by atoms with Gasteiger partial charge in [-0.1, -0.05) is 18.2 Å². The average molecular weight is 442 g/mol. The summed E-state index contributed by atoms with van der Waals surface area (Å²) in [4.78, 5) is 32.1. The minimum absolute atomic E-state index is 0.234. The van der Waals surface area contributed by atoms with Gasteiger partial charge in [-0.15, -0.1) is 0 Å². The number of halogens is 1. The molecule has 1 aliphatic heterocycles. The Morgan fingerprint density at radius 2 is 1.53 bits per heavy atom. The van der Waals surface area contributed by atoms with Crippen LogP contribution in [0.5, 0.6) is 0 Å². The summed E-state index contributed by atoms with van der Waals surface area (Å²) < 4.78 is 24.0. The van der Waals surface area contributed by atoms with Gasteiger partial charge in [0.05, 0.1) is 24.5 Å². The number of nitrogens with zero attached hydrogens (tertiary/aromatic N) is 3. The monoisotopic (exact) mass is 441 g/mol.